The van der Waals surface area contributed by atoms with Crippen molar-refractivity contribution in [2.45, 2.75) is 25.9 Å². The van der Waals surface area contributed by atoms with Crippen LogP contribution in [0.1, 0.15) is 24.3 Å². The monoisotopic (exact) mass is 296 g/mol. The number of aromatic nitrogens is 1. The van der Waals surface area contributed by atoms with Gasteiger partial charge < -0.3 is 20.1 Å². The molecule has 0 bridgehead atoms. The Balaban J connectivity index is 2.77. The van der Waals surface area contributed by atoms with Crippen molar-refractivity contribution in [3.63, 3.8) is 0 Å². The van der Waals surface area contributed by atoms with E-state index < -0.39 is 11.5 Å². The zero-order valence-corrected chi connectivity index (χ0v) is 12.4. The van der Waals surface area contributed by atoms with E-state index in [4.69, 9.17) is 22.1 Å². The van der Waals surface area contributed by atoms with Crippen molar-refractivity contribution in [2.24, 2.45) is 5.73 Å². The largest absolute Gasteiger partial charge is 0.505 e. The van der Waals surface area contributed by atoms with Gasteiger partial charge in [0, 0.05) is 22.5 Å². The topological polar surface area (TPSA) is 77.5 Å². The molecule has 0 atom stereocenters. The Kier molecular flexibility index (Phi) is 3.67. The molecule has 0 unspecified atom stereocenters. The molecule has 0 amide bonds. The molecule has 3 N–H and O–H groups in total. The Morgan fingerprint density at radius 1 is 1.50 bits per heavy atom. The predicted molar refractivity (Wildman–Crippen MR) is 78.2 cm³/mol. The maximum absolute atomic E-state index is 11.9. The summed E-state index contributed by atoms with van der Waals surface area (Å²) in [6.45, 7) is 4.04. The van der Waals surface area contributed by atoms with Gasteiger partial charge in [0.2, 0.25) is 0 Å². The van der Waals surface area contributed by atoms with Gasteiger partial charge in [-0.15, -0.1) is 0 Å². The number of ether oxygens (including phenoxy) is 1. The molecular weight excluding hydrogens is 280 g/mol. The second-order valence-electron chi connectivity index (χ2n) is 5.42. The summed E-state index contributed by atoms with van der Waals surface area (Å²) in [5.74, 6) is -0.752. The zero-order valence-electron chi connectivity index (χ0n) is 11.6. The van der Waals surface area contributed by atoms with Gasteiger partial charge in [0.1, 0.15) is 0 Å². The van der Waals surface area contributed by atoms with E-state index in [1.165, 1.54) is 7.11 Å². The van der Waals surface area contributed by atoms with Crippen LogP contribution >= 0.6 is 11.6 Å². The molecule has 2 aromatic rings. The maximum atomic E-state index is 11.9. The molecule has 0 radical (unpaired) electrons. The van der Waals surface area contributed by atoms with Crippen molar-refractivity contribution in [2.75, 3.05) is 7.11 Å². The van der Waals surface area contributed by atoms with Crippen LogP contribution in [0.4, 0.5) is 0 Å². The van der Waals surface area contributed by atoms with Gasteiger partial charge in [0.05, 0.1) is 12.6 Å². The van der Waals surface area contributed by atoms with Gasteiger partial charge in [-0.25, -0.2) is 4.79 Å². The third kappa shape index (κ3) is 2.59. The van der Waals surface area contributed by atoms with Gasteiger partial charge in [0.15, 0.2) is 11.4 Å². The van der Waals surface area contributed by atoms with Crippen LogP contribution in [0.15, 0.2) is 18.2 Å². The standard InChI is InChI=1S/C14H17ClN2O3/c1-14(2,16)7-17-10-5-4-8(15)6-9(10)12(18)11(17)13(19)20-3/h4-6,18H,7,16H2,1-3H3. The van der Waals surface area contributed by atoms with E-state index in [-0.39, 0.29) is 11.4 Å². The fourth-order valence-electron chi connectivity index (χ4n) is 2.18. The lowest BCUT2D eigenvalue weighted by molar-refractivity contribution is 0.0584. The van der Waals surface area contributed by atoms with Crippen LogP contribution in [0.25, 0.3) is 10.9 Å². The third-order valence-corrected chi connectivity index (χ3v) is 3.18. The molecule has 6 heteroatoms. The van der Waals surface area contributed by atoms with E-state index in [1.54, 1.807) is 22.8 Å². The molecule has 0 saturated heterocycles. The molecule has 108 valence electrons. The number of aromatic hydroxyl groups is 1. The van der Waals surface area contributed by atoms with Gasteiger partial charge in [-0.1, -0.05) is 11.6 Å². The van der Waals surface area contributed by atoms with Crippen molar-refractivity contribution in [3.05, 3.63) is 28.9 Å². The first-order valence-corrected chi connectivity index (χ1v) is 6.50. The van der Waals surface area contributed by atoms with E-state index in [9.17, 15) is 9.90 Å². The minimum Gasteiger partial charge on any atom is -0.505 e. The quantitative estimate of drug-likeness (QED) is 0.853. The van der Waals surface area contributed by atoms with E-state index in [0.717, 1.165) is 0 Å². The van der Waals surface area contributed by atoms with Crippen LogP contribution in [-0.4, -0.2) is 28.3 Å². The van der Waals surface area contributed by atoms with E-state index >= 15 is 0 Å². The SMILES string of the molecule is COC(=O)c1c(O)c2cc(Cl)ccc2n1CC(C)(C)N. The van der Waals surface area contributed by atoms with Crippen LogP contribution in [0.3, 0.4) is 0 Å². The number of benzene rings is 1. The van der Waals surface area contributed by atoms with Crippen LogP contribution in [0.2, 0.25) is 5.02 Å². The van der Waals surface area contributed by atoms with Gasteiger partial charge in [-0.05, 0) is 32.0 Å². The smallest absolute Gasteiger partial charge is 0.358 e. The van der Waals surface area contributed by atoms with E-state index in [2.05, 4.69) is 0 Å². The fourth-order valence-corrected chi connectivity index (χ4v) is 2.36. The lowest BCUT2D eigenvalue weighted by Gasteiger charge is -2.21. The molecule has 1 aromatic carbocycles. The molecule has 0 fully saturated rings. The summed E-state index contributed by atoms with van der Waals surface area (Å²) < 4.78 is 6.40. The molecule has 2 rings (SSSR count). The highest BCUT2D eigenvalue weighted by Gasteiger charge is 2.26. The maximum Gasteiger partial charge on any atom is 0.358 e. The summed E-state index contributed by atoms with van der Waals surface area (Å²) in [4.78, 5) is 11.9. The van der Waals surface area contributed by atoms with Crippen LogP contribution < -0.4 is 5.73 Å². The first kappa shape index (κ1) is 14.7. The normalized spacial score (nSPS) is 11.8. The van der Waals surface area contributed by atoms with Crippen LogP contribution in [0, 0.1) is 0 Å². The molecular formula is C14H17ClN2O3. The minimum atomic E-state index is -0.612. The van der Waals surface area contributed by atoms with Gasteiger partial charge in [-0.2, -0.15) is 0 Å². The molecule has 1 aromatic heterocycles. The number of hydrogen-bond acceptors (Lipinski definition) is 4. The number of fused-ring (bicyclic) bond motifs is 1. The lowest BCUT2D eigenvalue weighted by atomic mass is 10.1. The number of halogens is 1. The lowest BCUT2D eigenvalue weighted by Crippen LogP contribution is -2.37. The summed E-state index contributed by atoms with van der Waals surface area (Å²) in [5.41, 5.74) is 6.25. The van der Waals surface area contributed by atoms with Gasteiger partial charge >= 0.3 is 5.97 Å². The second-order valence-corrected chi connectivity index (χ2v) is 5.86. The molecule has 0 aliphatic carbocycles. The number of carbonyl (C=O) groups excluding carboxylic acids is 1. The van der Waals surface area contributed by atoms with Crippen molar-refractivity contribution in [3.8, 4) is 5.75 Å². The Bertz CT molecular complexity index is 671. The summed E-state index contributed by atoms with van der Waals surface area (Å²) in [6.07, 6.45) is 0. The predicted octanol–water partition coefficient (Wildman–Crippen LogP) is 2.52. The summed E-state index contributed by atoms with van der Waals surface area (Å²) in [6, 6.07) is 5.05. The minimum absolute atomic E-state index is 0.0864. The number of esters is 1. The molecule has 0 spiro atoms. The van der Waals surface area contributed by atoms with Gasteiger partial charge in [0.25, 0.3) is 0 Å². The summed E-state index contributed by atoms with van der Waals surface area (Å²) >= 11 is 5.94. The zero-order chi connectivity index (χ0) is 15.1. The Morgan fingerprint density at radius 3 is 2.70 bits per heavy atom. The van der Waals surface area contributed by atoms with Gasteiger partial charge in [-0.3, -0.25) is 0 Å². The first-order chi connectivity index (χ1) is 9.24. The molecule has 1 heterocycles. The van der Waals surface area contributed by atoms with Crippen molar-refractivity contribution < 1.29 is 14.6 Å². The fraction of sp³-hybridized carbons (Fsp3) is 0.357. The second kappa shape index (κ2) is 5.00. The van der Waals surface area contributed by atoms with Crippen molar-refractivity contribution in [1.29, 1.82) is 0 Å². The summed E-state index contributed by atoms with van der Waals surface area (Å²) in [5, 5.41) is 11.3. The number of hydrogen-bond donors (Lipinski definition) is 2. The van der Waals surface area contributed by atoms with Crippen molar-refractivity contribution >= 4 is 28.5 Å². The van der Waals surface area contributed by atoms with Crippen LogP contribution in [0.5, 0.6) is 5.75 Å². The van der Waals surface area contributed by atoms with E-state index in [0.29, 0.717) is 22.5 Å². The Hall–Kier alpha value is -1.72. The molecule has 0 saturated carbocycles. The third-order valence-electron chi connectivity index (χ3n) is 2.94. The molecule has 0 aliphatic heterocycles. The average molecular weight is 297 g/mol. The summed E-state index contributed by atoms with van der Waals surface area (Å²) in [7, 11) is 1.27. The molecule has 20 heavy (non-hydrogen) atoms. The Morgan fingerprint density at radius 2 is 2.15 bits per heavy atom. The number of nitrogens with zero attached hydrogens (tertiary/aromatic N) is 1. The average Bonchev–Trinajstić information content (AvgIpc) is 2.60. The molecule has 5 nitrogen and oxygen atoms in total. The van der Waals surface area contributed by atoms with Crippen LogP contribution in [-0.2, 0) is 11.3 Å². The highest BCUT2D eigenvalue weighted by atomic mass is 35.5. The number of methoxy groups -OCH3 is 1. The number of nitrogens with two attached hydrogens (primary N) is 1. The van der Waals surface area contributed by atoms with Crippen molar-refractivity contribution in [1.82, 2.24) is 4.57 Å². The van der Waals surface area contributed by atoms with E-state index in [1.807, 2.05) is 13.8 Å². The molecule has 0 aliphatic rings. The first-order valence-electron chi connectivity index (χ1n) is 6.12. The number of carbonyl (C=O) groups is 1. The highest BCUT2D eigenvalue weighted by molar-refractivity contribution is 6.31. The highest BCUT2D eigenvalue weighted by Crippen LogP contribution is 2.35. The number of rotatable bonds is 3. The Labute approximate surface area is 121 Å².